The normalized spacial score (nSPS) is 28.6. The van der Waals surface area contributed by atoms with Crippen molar-refractivity contribution in [3.05, 3.63) is 42.0 Å². The van der Waals surface area contributed by atoms with Crippen LogP contribution in [0.1, 0.15) is 43.2 Å². The molecule has 1 aromatic carbocycles. The van der Waals surface area contributed by atoms with Crippen molar-refractivity contribution in [1.29, 1.82) is 5.26 Å². The lowest BCUT2D eigenvalue weighted by molar-refractivity contribution is -0.136. The number of anilines is 1. The molecule has 188 valence electrons. The maximum atomic E-state index is 12.1. The number of amides is 1. The van der Waals surface area contributed by atoms with Gasteiger partial charge in [0, 0.05) is 49.6 Å². The van der Waals surface area contributed by atoms with Crippen LogP contribution in [-0.2, 0) is 4.79 Å². The number of nitrogens with one attached hydrogen (secondary N) is 2. The Kier molecular flexibility index (Phi) is 5.66. The van der Waals surface area contributed by atoms with E-state index < -0.39 is 0 Å². The van der Waals surface area contributed by atoms with Crippen LogP contribution in [0.3, 0.4) is 0 Å². The third-order valence-electron chi connectivity index (χ3n) is 9.09. The van der Waals surface area contributed by atoms with Gasteiger partial charge in [0.1, 0.15) is 23.2 Å². The second-order valence-corrected chi connectivity index (χ2v) is 11.1. The largest absolute Gasteiger partial charge is 0.494 e. The summed E-state index contributed by atoms with van der Waals surface area (Å²) >= 11 is 0. The molecule has 4 heterocycles. The first-order chi connectivity index (χ1) is 17.5. The first-order valence-corrected chi connectivity index (χ1v) is 13.0. The fourth-order valence-corrected chi connectivity index (χ4v) is 7.31. The number of fused-ring (bicyclic) bond motifs is 2. The van der Waals surface area contributed by atoms with E-state index in [0.29, 0.717) is 23.4 Å². The molecule has 6 rings (SSSR count). The van der Waals surface area contributed by atoms with Crippen LogP contribution in [0, 0.1) is 28.6 Å². The molecule has 36 heavy (non-hydrogen) atoms. The van der Waals surface area contributed by atoms with Gasteiger partial charge < -0.3 is 14.5 Å². The summed E-state index contributed by atoms with van der Waals surface area (Å²) in [6.45, 7) is 9.95. The zero-order valence-electron chi connectivity index (χ0n) is 21.1. The van der Waals surface area contributed by atoms with Crippen molar-refractivity contribution in [2.24, 2.45) is 17.3 Å². The predicted molar refractivity (Wildman–Crippen MR) is 139 cm³/mol. The Hall–Kier alpha value is -3.15. The molecule has 3 saturated heterocycles. The maximum absolute atomic E-state index is 12.1. The highest BCUT2D eigenvalue weighted by Gasteiger charge is 2.50. The van der Waals surface area contributed by atoms with E-state index >= 15 is 0 Å². The number of rotatable bonds is 4. The van der Waals surface area contributed by atoms with Crippen LogP contribution < -0.4 is 20.5 Å². The highest BCUT2D eigenvalue weighted by atomic mass is 16.5. The van der Waals surface area contributed by atoms with Gasteiger partial charge >= 0.3 is 0 Å². The van der Waals surface area contributed by atoms with Crippen molar-refractivity contribution < 1.29 is 9.53 Å². The average molecular weight is 487 g/mol. The zero-order chi connectivity index (χ0) is 25.0. The zero-order valence-corrected chi connectivity index (χ0v) is 21.1. The minimum Gasteiger partial charge on any atom is -0.494 e. The Morgan fingerprint density at radius 3 is 2.92 bits per heavy atom. The van der Waals surface area contributed by atoms with Crippen molar-refractivity contribution in [1.82, 2.24) is 20.7 Å². The van der Waals surface area contributed by atoms with Crippen molar-refractivity contribution in [3.8, 4) is 11.8 Å². The van der Waals surface area contributed by atoms with Gasteiger partial charge in [-0.1, -0.05) is 25.6 Å². The van der Waals surface area contributed by atoms with Crippen molar-refractivity contribution >= 4 is 22.6 Å². The van der Waals surface area contributed by atoms with Gasteiger partial charge in [0.05, 0.1) is 12.7 Å². The molecule has 1 spiro atoms. The second-order valence-electron chi connectivity index (χ2n) is 11.1. The number of hydrazine groups is 1. The molecular formula is C28H34N6O2. The number of ether oxygens (including phenoxy) is 1. The number of hydrogen-bond acceptors (Lipinski definition) is 7. The number of carbonyl (C=O) groups is 1. The highest BCUT2D eigenvalue weighted by molar-refractivity contribution is 5.92. The minimum atomic E-state index is -0.00716. The van der Waals surface area contributed by atoms with E-state index in [0.717, 1.165) is 80.0 Å². The summed E-state index contributed by atoms with van der Waals surface area (Å²) in [5, 5.41) is 11.6. The third-order valence-corrected chi connectivity index (χ3v) is 9.09. The van der Waals surface area contributed by atoms with Crippen molar-refractivity contribution in [2.45, 2.75) is 38.1 Å². The monoisotopic (exact) mass is 486 g/mol. The molecule has 8 heteroatoms. The lowest BCUT2D eigenvalue weighted by Crippen LogP contribution is -2.59. The smallest absolute Gasteiger partial charge is 0.245 e. The van der Waals surface area contributed by atoms with Crippen LogP contribution in [0.15, 0.2) is 30.9 Å². The fourth-order valence-electron chi connectivity index (χ4n) is 7.31. The molecular weight excluding hydrogens is 452 g/mol. The van der Waals surface area contributed by atoms with Crippen LogP contribution in [-0.4, -0.2) is 61.7 Å². The first kappa shape index (κ1) is 23.3. The third kappa shape index (κ3) is 3.48. The van der Waals surface area contributed by atoms with Gasteiger partial charge in [-0.25, -0.2) is 4.98 Å². The lowest BCUT2D eigenvalue weighted by atomic mass is 9.66. The molecule has 4 atom stereocenters. The predicted octanol–water partition coefficient (Wildman–Crippen LogP) is 2.95. The maximum Gasteiger partial charge on any atom is 0.245 e. The Morgan fingerprint density at radius 1 is 1.33 bits per heavy atom. The second kappa shape index (κ2) is 8.75. The van der Waals surface area contributed by atoms with Crippen LogP contribution in [0.5, 0.6) is 5.75 Å². The molecule has 2 aromatic rings. The number of likely N-dealkylation sites (tertiary alicyclic amines) is 1. The molecule has 1 aliphatic carbocycles. The van der Waals surface area contributed by atoms with E-state index in [-0.39, 0.29) is 17.2 Å². The molecule has 4 aliphatic rings. The number of hydrogen-bond donors (Lipinski definition) is 2. The van der Waals surface area contributed by atoms with E-state index in [1.54, 1.807) is 7.11 Å². The Labute approximate surface area is 212 Å². The van der Waals surface area contributed by atoms with Gasteiger partial charge in [0.15, 0.2) is 0 Å². The van der Waals surface area contributed by atoms with Crippen LogP contribution >= 0.6 is 0 Å². The summed E-state index contributed by atoms with van der Waals surface area (Å²) in [5.74, 6) is 2.62. The average Bonchev–Trinajstić information content (AvgIpc) is 3.54. The summed E-state index contributed by atoms with van der Waals surface area (Å²) in [6, 6.07) is 9.08. The molecule has 4 unspecified atom stereocenters. The van der Waals surface area contributed by atoms with E-state index in [1.807, 2.05) is 17.0 Å². The first-order valence-electron chi connectivity index (χ1n) is 13.0. The Balaban J connectivity index is 1.46. The number of methoxy groups -OCH3 is 1. The van der Waals surface area contributed by atoms with Gasteiger partial charge in [-0.2, -0.15) is 5.26 Å². The Bertz CT molecular complexity index is 1260. The van der Waals surface area contributed by atoms with E-state index in [2.05, 4.69) is 41.4 Å². The summed E-state index contributed by atoms with van der Waals surface area (Å²) in [4.78, 5) is 21.3. The summed E-state index contributed by atoms with van der Waals surface area (Å²) in [5.41, 5.74) is 9.58. The number of carbonyl (C=O) groups excluding carboxylic acids is 1. The molecule has 1 saturated carbocycles. The SMILES string of the molecule is C=CC(=O)N1CC2(CCN(c3nc4c(OC)cccc4c(C4C(C)CCC5NNCC54)c3C#N)C2)C1. The van der Waals surface area contributed by atoms with E-state index in [9.17, 15) is 10.1 Å². The number of benzene rings is 1. The topological polar surface area (TPSA) is 93.5 Å². The standard InChI is InChI=1S/C28H34N6O2/c1-4-23(35)34-15-28(16-34)10-11-33(14-28)27-19(12-29)25(18-6-5-7-22(36-3)26(18)31-27)24-17(2)8-9-21-20(24)13-30-32-21/h4-7,17,20-21,24,30,32H,1,8-11,13-16H2,2-3H3. The molecule has 3 aliphatic heterocycles. The van der Waals surface area contributed by atoms with Crippen molar-refractivity contribution in [2.75, 3.05) is 44.7 Å². The molecule has 1 amide bonds. The minimum absolute atomic E-state index is 0.00716. The molecule has 0 radical (unpaired) electrons. The van der Waals surface area contributed by atoms with Gasteiger partial charge in [-0.15, -0.1) is 0 Å². The van der Waals surface area contributed by atoms with Gasteiger partial charge in [-0.05, 0) is 54.7 Å². The van der Waals surface area contributed by atoms with Gasteiger partial charge in [0.25, 0.3) is 0 Å². The summed E-state index contributed by atoms with van der Waals surface area (Å²) in [7, 11) is 1.68. The summed E-state index contributed by atoms with van der Waals surface area (Å²) in [6.07, 6.45) is 4.64. The van der Waals surface area contributed by atoms with E-state index in [4.69, 9.17) is 9.72 Å². The lowest BCUT2D eigenvalue weighted by Gasteiger charge is -2.47. The van der Waals surface area contributed by atoms with Gasteiger partial charge in [0.2, 0.25) is 5.91 Å². The molecule has 1 aromatic heterocycles. The number of nitriles is 1. The molecule has 8 nitrogen and oxygen atoms in total. The number of pyridine rings is 1. The van der Waals surface area contributed by atoms with Crippen LogP contribution in [0.25, 0.3) is 10.9 Å². The number of para-hydroxylation sites is 1. The Morgan fingerprint density at radius 2 is 2.17 bits per heavy atom. The van der Waals surface area contributed by atoms with E-state index in [1.165, 1.54) is 6.08 Å². The van der Waals surface area contributed by atoms with Crippen molar-refractivity contribution in [3.63, 3.8) is 0 Å². The fraction of sp³-hybridized carbons (Fsp3) is 0.536. The molecule has 2 N–H and O–H groups in total. The number of nitrogens with zero attached hydrogens (tertiary/aromatic N) is 4. The van der Waals surface area contributed by atoms with Crippen LogP contribution in [0.4, 0.5) is 5.82 Å². The highest BCUT2D eigenvalue weighted by Crippen LogP contribution is 2.49. The summed E-state index contributed by atoms with van der Waals surface area (Å²) < 4.78 is 5.76. The molecule has 4 fully saturated rings. The molecule has 0 bridgehead atoms. The van der Waals surface area contributed by atoms with Gasteiger partial charge in [-0.3, -0.25) is 15.6 Å². The van der Waals surface area contributed by atoms with Crippen LogP contribution in [0.2, 0.25) is 0 Å². The number of aromatic nitrogens is 1. The quantitative estimate of drug-likeness (QED) is 0.642.